The average molecular weight is 322 g/mol. The predicted octanol–water partition coefficient (Wildman–Crippen LogP) is 1.90. The molecule has 108 valence electrons. The van der Waals surface area contributed by atoms with E-state index in [4.69, 9.17) is 17.3 Å². The van der Waals surface area contributed by atoms with Gasteiger partial charge in [-0.25, -0.2) is 0 Å². The third-order valence-electron chi connectivity index (χ3n) is 2.97. The molecule has 0 spiro atoms. The van der Waals surface area contributed by atoms with Crippen LogP contribution >= 0.6 is 23.4 Å². The molecule has 0 aliphatic carbocycles. The van der Waals surface area contributed by atoms with E-state index in [2.05, 4.69) is 11.4 Å². The molecule has 1 aromatic rings. The van der Waals surface area contributed by atoms with Gasteiger partial charge >= 0.3 is 0 Å². The smallest absolute Gasteiger partial charge is 0.227 e. The summed E-state index contributed by atoms with van der Waals surface area (Å²) in [6.07, 6.45) is 0.171. The molecule has 2 amide bonds. The first-order valence-electron chi connectivity index (χ1n) is 6.12. The molecule has 0 saturated carbocycles. The van der Waals surface area contributed by atoms with E-state index in [-0.39, 0.29) is 24.0 Å². The van der Waals surface area contributed by atoms with Gasteiger partial charge in [-0.1, -0.05) is 35.5 Å². The van der Waals surface area contributed by atoms with Gasteiger partial charge in [-0.2, -0.15) is 5.26 Å². The highest BCUT2D eigenvalue weighted by Gasteiger charge is 2.29. The monoisotopic (exact) mass is 321 g/mol. The van der Waals surface area contributed by atoms with E-state index in [0.717, 1.165) is 17.3 Å². The molecule has 0 fully saturated rings. The summed E-state index contributed by atoms with van der Waals surface area (Å²) in [5, 5.41) is 13.0. The number of hydrogen-bond donors (Lipinski definition) is 2. The maximum absolute atomic E-state index is 11.8. The van der Waals surface area contributed by atoms with Gasteiger partial charge in [-0.15, -0.1) is 0 Å². The van der Waals surface area contributed by atoms with Crippen molar-refractivity contribution in [1.29, 1.82) is 5.26 Å². The summed E-state index contributed by atoms with van der Waals surface area (Å²) in [6.45, 7) is 0. The van der Waals surface area contributed by atoms with Gasteiger partial charge in [0.15, 0.2) is 0 Å². The van der Waals surface area contributed by atoms with Gasteiger partial charge in [0.2, 0.25) is 11.8 Å². The van der Waals surface area contributed by atoms with Crippen LogP contribution in [0.25, 0.3) is 0 Å². The van der Waals surface area contributed by atoms with Crippen LogP contribution in [0.5, 0.6) is 0 Å². The summed E-state index contributed by atoms with van der Waals surface area (Å²) in [6, 6.07) is 9.17. The number of thioether (sulfide) groups is 1. The van der Waals surface area contributed by atoms with Gasteiger partial charge in [0.1, 0.15) is 0 Å². The standard InChI is InChI=1S/C14H12ClN3O2S/c15-9-3-1-2-8(4-9)10-5-13(20)18-14(11(10)6-16)21-7-12(17)19/h1-4,10H,5,7H2,(H2,17,19)(H,18,20)/t10-/m0/s1. The van der Waals surface area contributed by atoms with E-state index in [1.807, 2.05) is 6.07 Å². The number of nitrogens with two attached hydrogens (primary N) is 1. The number of nitriles is 1. The summed E-state index contributed by atoms with van der Waals surface area (Å²) in [5.74, 6) is -1.07. The number of rotatable bonds is 4. The zero-order valence-corrected chi connectivity index (χ0v) is 12.5. The van der Waals surface area contributed by atoms with Gasteiger partial charge in [0.25, 0.3) is 0 Å². The van der Waals surface area contributed by atoms with Gasteiger partial charge in [-0.05, 0) is 17.7 Å². The van der Waals surface area contributed by atoms with E-state index in [9.17, 15) is 14.9 Å². The van der Waals surface area contributed by atoms with Crippen LogP contribution < -0.4 is 11.1 Å². The Morgan fingerprint density at radius 2 is 2.33 bits per heavy atom. The molecule has 3 N–H and O–H groups in total. The highest BCUT2D eigenvalue weighted by atomic mass is 35.5. The van der Waals surface area contributed by atoms with Gasteiger partial charge in [0.05, 0.1) is 22.4 Å². The summed E-state index contributed by atoms with van der Waals surface area (Å²) >= 11 is 7.03. The molecule has 0 bridgehead atoms. The lowest BCUT2D eigenvalue weighted by molar-refractivity contribution is -0.121. The fraction of sp³-hybridized carbons (Fsp3) is 0.214. The van der Waals surface area contributed by atoms with Crippen molar-refractivity contribution >= 4 is 35.2 Å². The summed E-state index contributed by atoms with van der Waals surface area (Å²) in [4.78, 5) is 22.7. The molecule has 0 saturated heterocycles. The number of nitrogens with zero attached hydrogens (tertiary/aromatic N) is 1. The third-order valence-corrected chi connectivity index (χ3v) is 4.24. The van der Waals surface area contributed by atoms with E-state index < -0.39 is 5.91 Å². The van der Waals surface area contributed by atoms with Crippen molar-refractivity contribution in [3.8, 4) is 6.07 Å². The highest BCUT2D eigenvalue weighted by Crippen LogP contribution is 2.36. The van der Waals surface area contributed by atoms with Crippen molar-refractivity contribution in [2.24, 2.45) is 5.73 Å². The Labute approximate surface area is 131 Å². The summed E-state index contributed by atoms with van der Waals surface area (Å²) in [5.41, 5.74) is 6.32. The molecule has 1 aromatic carbocycles. The lowest BCUT2D eigenvalue weighted by Crippen LogP contribution is -2.31. The average Bonchev–Trinajstić information content (AvgIpc) is 2.44. The second kappa shape index (κ2) is 6.66. The van der Waals surface area contributed by atoms with Crippen LogP contribution in [-0.4, -0.2) is 17.6 Å². The lowest BCUT2D eigenvalue weighted by Gasteiger charge is -2.25. The number of nitrogens with one attached hydrogen (secondary N) is 1. The number of primary amides is 1. The number of benzene rings is 1. The molecule has 2 rings (SSSR count). The van der Waals surface area contributed by atoms with Crippen molar-refractivity contribution in [1.82, 2.24) is 5.32 Å². The molecule has 1 aliphatic rings. The van der Waals surface area contributed by atoms with E-state index in [1.54, 1.807) is 18.2 Å². The normalized spacial score (nSPS) is 18.1. The molecule has 1 atom stereocenters. The van der Waals surface area contributed by atoms with Crippen LogP contribution in [0.2, 0.25) is 5.02 Å². The number of amides is 2. The quantitative estimate of drug-likeness (QED) is 0.885. The Morgan fingerprint density at radius 1 is 1.57 bits per heavy atom. The van der Waals surface area contributed by atoms with Gasteiger partial charge in [-0.3, -0.25) is 9.59 Å². The number of carbonyl (C=O) groups excluding carboxylic acids is 2. The maximum Gasteiger partial charge on any atom is 0.227 e. The minimum atomic E-state index is -0.510. The Kier molecular flexibility index (Phi) is 4.89. The van der Waals surface area contributed by atoms with Crippen molar-refractivity contribution in [2.75, 3.05) is 5.75 Å². The molecule has 0 unspecified atom stereocenters. The number of halogens is 1. The van der Waals surface area contributed by atoms with Crippen molar-refractivity contribution in [3.05, 3.63) is 45.5 Å². The number of allylic oxidation sites excluding steroid dienone is 1. The van der Waals surface area contributed by atoms with E-state index in [0.29, 0.717) is 15.6 Å². The Balaban J connectivity index is 2.39. The molecule has 5 nitrogen and oxygen atoms in total. The molecular formula is C14H12ClN3O2S. The van der Waals surface area contributed by atoms with Crippen LogP contribution in [0.4, 0.5) is 0 Å². The lowest BCUT2D eigenvalue weighted by atomic mass is 9.87. The number of carbonyl (C=O) groups is 2. The fourth-order valence-corrected chi connectivity index (χ4v) is 3.10. The third kappa shape index (κ3) is 3.78. The molecular weight excluding hydrogens is 310 g/mol. The zero-order valence-electron chi connectivity index (χ0n) is 10.9. The van der Waals surface area contributed by atoms with Crippen LogP contribution in [-0.2, 0) is 9.59 Å². The van der Waals surface area contributed by atoms with Crippen LogP contribution in [0.1, 0.15) is 17.9 Å². The highest BCUT2D eigenvalue weighted by molar-refractivity contribution is 8.03. The molecule has 0 radical (unpaired) electrons. The van der Waals surface area contributed by atoms with Crippen LogP contribution in [0.3, 0.4) is 0 Å². The van der Waals surface area contributed by atoms with Gasteiger partial charge < -0.3 is 11.1 Å². The molecule has 1 heterocycles. The first-order valence-corrected chi connectivity index (χ1v) is 7.48. The summed E-state index contributed by atoms with van der Waals surface area (Å²) in [7, 11) is 0. The van der Waals surface area contributed by atoms with Crippen molar-refractivity contribution in [3.63, 3.8) is 0 Å². The maximum atomic E-state index is 11.8. The van der Waals surface area contributed by atoms with Crippen molar-refractivity contribution < 1.29 is 9.59 Å². The Morgan fingerprint density at radius 3 is 2.95 bits per heavy atom. The minimum Gasteiger partial charge on any atom is -0.369 e. The second-order valence-corrected chi connectivity index (χ2v) is 5.89. The van der Waals surface area contributed by atoms with E-state index >= 15 is 0 Å². The Bertz CT molecular complexity index is 666. The largest absolute Gasteiger partial charge is 0.369 e. The SMILES string of the molecule is N#CC1=C(SCC(N)=O)NC(=O)C[C@H]1c1cccc(Cl)c1. The predicted molar refractivity (Wildman–Crippen MR) is 81.2 cm³/mol. The summed E-state index contributed by atoms with van der Waals surface area (Å²) < 4.78 is 0. The van der Waals surface area contributed by atoms with Gasteiger partial charge in [0, 0.05) is 17.4 Å². The molecule has 7 heteroatoms. The van der Waals surface area contributed by atoms with Crippen LogP contribution in [0.15, 0.2) is 34.9 Å². The minimum absolute atomic E-state index is 0.00303. The number of hydrogen-bond acceptors (Lipinski definition) is 4. The molecule has 1 aliphatic heterocycles. The second-order valence-electron chi connectivity index (χ2n) is 4.47. The zero-order chi connectivity index (χ0) is 15.4. The first kappa shape index (κ1) is 15.4. The molecule has 21 heavy (non-hydrogen) atoms. The van der Waals surface area contributed by atoms with E-state index in [1.165, 1.54) is 0 Å². The Hall–Kier alpha value is -1.97. The first-order chi connectivity index (χ1) is 10.0. The topological polar surface area (TPSA) is 96.0 Å². The van der Waals surface area contributed by atoms with Crippen molar-refractivity contribution in [2.45, 2.75) is 12.3 Å². The molecule has 0 aromatic heterocycles. The van der Waals surface area contributed by atoms with Crippen LogP contribution in [0, 0.1) is 11.3 Å². The fourth-order valence-electron chi connectivity index (χ4n) is 2.08.